The fourth-order valence-electron chi connectivity index (χ4n) is 2.50. The van der Waals surface area contributed by atoms with Gasteiger partial charge in [0.2, 0.25) is 5.91 Å². The lowest BCUT2D eigenvalue weighted by Crippen LogP contribution is -2.51. The number of carbonyl (C=O) groups excluding carboxylic acids is 2. The van der Waals surface area contributed by atoms with E-state index >= 15 is 0 Å². The van der Waals surface area contributed by atoms with E-state index in [2.05, 4.69) is 41.8 Å². The predicted octanol–water partition coefficient (Wildman–Crippen LogP) is 3.42. The first-order valence-corrected chi connectivity index (χ1v) is 10.4. The van der Waals surface area contributed by atoms with Crippen LogP contribution in [0.25, 0.3) is 0 Å². The van der Waals surface area contributed by atoms with Crippen LogP contribution in [0.1, 0.15) is 19.4 Å². The molecule has 0 aliphatic heterocycles. The van der Waals surface area contributed by atoms with Crippen LogP contribution in [0.15, 0.2) is 59.5 Å². The summed E-state index contributed by atoms with van der Waals surface area (Å²) in [5.74, 6) is 0.881. The molecule has 1 unspecified atom stereocenters. The number of thioether (sulfide) groups is 1. The van der Waals surface area contributed by atoms with E-state index in [-0.39, 0.29) is 24.3 Å². The third-order valence-corrected chi connectivity index (χ3v) is 5.08. The van der Waals surface area contributed by atoms with Crippen molar-refractivity contribution < 1.29 is 14.3 Å². The third-order valence-electron chi connectivity index (χ3n) is 4.07. The summed E-state index contributed by atoms with van der Waals surface area (Å²) in [5.41, 5.74) is 1.23. The van der Waals surface area contributed by atoms with Crippen LogP contribution in [0.5, 0.6) is 5.75 Å². The molecule has 2 amide bonds. The Labute approximate surface area is 171 Å². The van der Waals surface area contributed by atoms with Gasteiger partial charge in [-0.2, -0.15) is 0 Å². The van der Waals surface area contributed by atoms with Crippen molar-refractivity contribution in [2.24, 2.45) is 5.92 Å². The standard InChI is InChI=1S/C22H28N2O3S/c1-16(2)21(24-20(25)15-27-18-7-5-4-6-8-18)22(26)23-13-14-28-19-11-9-17(3)10-12-19/h4-12,16,21H,13-15H2,1-3H3,(H,23,26)(H,24,25). The summed E-state index contributed by atoms with van der Waals surface area (Å²) in [6.07, 6.45) is 0. The van der Waals surface area contributed by atoms with Crippen LogP contribution < -0.4 is 15.4 Å². The number of hydrogen-bond acceptors (Lipinski definition) is 4. The van der Waals surface area contributed by atoms with Gasteiger partial charge in [-0.15, -0.1) is 11.8 Å². The van der Waals surface area contributed by atoms with Gasteiger partial charge < -0.3 is 15.4 Å². The lowest BCUT2D eigenvalue weighted by atomic mass is 10.0. The quantitative estimate of drug-likeness (QED) is 0.474. The highest BCUT2D eigenvalue weighted by Gasteiger charge is 2.23. The summed E-state index contributed by atoms with van der Waals surface area (Å²) in [7, 11) is 0. The Balaban J connectivity index is 1.74. The van der Waals surface area contributed by atoms with Gasteiger partial charge in [0.05, 0.1) is 0 Å². The fraction of sp³-hybridized carbons (Fsp3) is 0.364. The first kappa shape index (κ1) is 21.8. The molecule has 0 bridgehead atoms. The van der Waals surface area contributed by atoms with E-state index in [0.717, 1.165) is 5.75 Å². The zero-order valence-electron chi connectivity index (χ0n) is 16.6. The molecule has 0 saturated heterocycles. The van der Waals surface area contributed by atoms with Gasteiger partial charge >= 0.3 is 0 Å². The second-order valence-electron chi connectivity index (χ2n) is 6.84. The molecule has 28 heavy (non-hydrogen) atoms. The second kappa shape index (κ2) is 11.4. The Bertz CT molecular complexity index is 748. The van der Waals surface area contributed by atoms with E-state index in [1.165, 1.54) is 10.5 Å². The van der Waals surface area contributed by atoms with Crippen LogP contribution in [0, 0.1) is 12.8 Å². The highest BCUT2D eigenvalue weighted by molar-refractivity contribution is 7.99. The molecule has 0 aliphatic carbocycles. The maximum absolute atomic E-state index is 12.5. The summed E-state index contributed by atoms with van der Waals surface area (Å²) in [4.78, 5) is 25.8. The van der Waals surface area contributed by atoms with Crippen molar-refractivity contribution >= 4 is 23.6 Å². The van der Waals surface area contributed by atoms with Crippen molar-refractivity contribution in [3.05, 3.63) is 60.2 Å². The predicted molar refractivity (Wildman–Crippen MR) is 114 cm³/mol. The van der Waals surface area contributed by atoms with Crippen LogP contribution in [-0.2, 0) is 9.59 Å². The van der Waals surface area contributed by atoms with Crippen molar-refractivity contribution in [3.63, 3.8) is 0 Å². The Hall–Kier alpha value is -2.47. The SMILES string of the molecule is Cc1ccc(SCCNC(=O)C(NC(=O)COc2ccccc2)C(C)C)cc1. The number of carbonyl (C=O) groups is 2. The molecule has 0 aliphatic rings. The van der Waals surface area contributed by atoms with Crippen LogP contribution in [0.4, 0.5) is 0 Å². The molecule has 0 saturated carbocycles. The lowest BCUT2D eigenvalue weighted by molar-refractivity contribution is -0.131. The summed E-state index contributed by atoms with van der Waals surface area (Å²) >= 11 is 1.69. The van der Waals surface area contributed by atoms with E-state index in [0.29, 0.717) is 12.3 Å². The second-order valence-corrected chi connectivity index (χ2v) is 8.01. The van der Waals surface area contributed by atoms with Gasteiger partial charge in [0.25, 0.3) is 5.91 Å². The number of rotatable bonds is 10. The minimum Gasteiger partial charge on any atom is -0.484 e. The normalized spacial score (nSPS) is 11.7. The van der Waals surface area contributed by atoms with Crippen molar-refractivity contribution in [2.75, 3.05) is 18.9 Å². The summed E-state index contributed by atoms with van der Waals surface area (Å²) in [6, 6.07) is 16.8. The first-order valence-electron chi connectivity index (χ1n) is 9.40. The van der Waals surface area contributed by atoms with Gasteiger partial charge in [-0.1, -0.05) is 49.7 Å². The molecule has 5 nitrogen and oxygen atoms in total. The van der Waals surface area contributed by atoms with Gasteiger partial charge in [-0.25, -0.2) is 0 Å². The Morgan fingerprint density at radius 2 is 1.71 bits per heavy atom. The zero-order chi connectivity index (χ0) is 20.4. The van der Waals surface area contributed by atoms with E-state index < -0.39 is 6.04 Å². The van der Waals surface area contributed by atoms with Crippen LogP contribution >= 0.6 is 11.8 Å². The molecule has 0 aromatic heterocycles. The lowest BCUT2D eigenvalue weighted by Gasteiger charge is -2.21. The number of benzene rings is 2. The average molecular weight is 401 g/mol. The summed E-state index contributed by atoms with van der Waals surface area (Å²) < 4.78 is 5.44. The van der Waals surface area contributed by atoms with Gasteiger partial charge in [0, 0.05) is 17.2 Å². The Morgan fingerprint density at radius 3 is 2.36 bits per heavy atom. The van der Waals surface area contributed by atoms with Crippen molar-refractivity contribution in [2.45, 2.75) is 31.7 Å². The Kier molecular flexibility index (Phi) is 8.88. The minimum atomic E-state index is -0.587. The molecular formula is C22H28N2O3S. The molecular weight excluding hydrogens is 372 g/mol. The van der Waals surface area contributed by atoms with Crippen LogP contribution in [0.3, 0.4) is 0 Å². The average Bonchev–Trinajstić information content (AvgIpc) is 2.69. The van der Waals surface area contributed by atoms with Crippen LogP contribution in [-0.4, -0.2) is 36.8 Å². The van der Waals surface area contributed by atoms with Gasteiger partial charge in [-0.3, -0.25) is 9.59 Å². The highest BCUT2D eigenvalue weighted by Crippen LogP contribution is 2.17. The molecule has 2 N–H and O–H groups in total. The summed E-state index contributed by atoms with van der Waals surface area (Å²) in [5, 5.41) is 5.68. The molecule has 2 aromatic rings. The summed E-state index contributed by atoms with van der Waals surface area (Å²) in [6.45, 7) is 6.29. The van der Waals surface area contributed by atoms with E-state index in [1.807, 2.05) is 32.0 Å². The number of ether oxygens (including phenoxy) is 1. The molecule has 1 atom stereocenters. The number of para-hydroxylation sites is 1. The molecule has 0 heterocycles. The minimum absolute atomic E-state index is 0.0228. The van der Waals surface area contributed by atoms with E-state index in [1.54, 1.807) is 23.9 Å². The largest absolute Gasteiger partial charge is 0.484 e. The highest BCUT2D eigenvalue weighted by atomic mass is 32.2. The maximum atomic E-state index is 12.5. The van der Waals surface area contributed by atoms with Gasteiger partial charge in [0.15, 0.2) is 6.61 Å². The van der Waals surface area contributed by atoms with Crippen molar-refractivity contribution in [1.82, 2.24) is 10.6 Å². The molecule has 150 valence electrons. The number of amides is 2. The monoisotopic (exact) mass is 400 g/mol. The molecule has 6 heteroatoms. The van der Waals surface area contributed by atoms with Crippen LogP contribution in [0.2, 0.25) is 0 Å². The number of hydrogen-bond donors (Lipinski definition) is 2. The van der Waals surface area contributed by atoms with E-state index in [9.17, 15) is 9.59 Å². The number of aryl methyl sites for hydroxylation is 1. The zero-order valence-corrected chi connectivity index (χ0v) is 17.4. The topological polar surface area (TPSA) is 67.4 Å². The number of nitrogens with one attached hydrogen (secondary N) is 2. The first-order chi connectivity index (χ1) is 13.5. The molecule has 0 radical (unpaired) electrons. The molecule has 2 rings (SSSR count). The van der Waals surface area contributed by atoms with Gasteiger partial charge in [-0.05, 0) is 37.1 Å². The smallest absolute Gasteiger partial charge is 0.258 e. The maximum Gasteiger partial charge on any atom is 0.258 e. The van der Waals surface area contributed by atoms with Gasteiger partial charge in [0.1, 0.15) is 11.8 Å². The van der Waals surface area contributed by atoms with Crippen molar-refractivity contribution in [3.8, 4) is 5.75 Å². The molecule has 0 fully saturated rings. The Morgan fingerprint density at radius 1 is 1.04 bits per heavy atom. The molecule has 0 spiro atoms. The third kappa shape index (κ3) is 7.64. The van der Waals surface area contributed by atoms with E-state index in [4.69, 9.17) is 4.74 Å². The molecule has 2 aromatic carbocycles. The van der Waals surface area contributed by atoms with Crippen molar-refractivity contribution in [1.29, 1.82) is 0 Å². The fourth-order valence-corrected chi connectivity index (χ4v) is 3.27.